The van der Waals surface area contributed by atoms with E-state index >= 15 is 0 Å². The lowest BCUT2D eigenvalue weighted by atomic mass is 10.2. The molecule has 2 aromatic heterocycles. The molecule has 1 unspecified atom stereocenters. The van der Waals surface area contributed by atoms with Gasteiger partial charge in [0.15, 0.2) is 5.82 Å². The van der Waals surface area contributed by atoms with Crippen molar-refractivity contribution in [3.05, 3.63) is 29.3 Å². The largest absolute Gasteiger partial charge is 0.368 e. The zero-order valence-corrected chi connectivity index (χ0v) is 12.6. The topological polar surface area (TPSA) is 84.1 Å². The fourth-order valence-electron chi connectivity index (χ4n) is 2.38. The average molecular weight is 303 g/mol. The van der Waals surface area contributed by atoms with Gasteiger partial charge in [0.2, 0.25) is 5.91 Å². The van der Waals surface area contributed by atoms with Crippen LogP contribution in [-0.2, 0) is 4.79 Å². The number of amides is 1. The minimum absolute atomic E-state index is 0.330. The van der Waals surface area contributed by atoms with E-state index in [4.69, 9.17) is 5.73 Å². The number of piperazine rings is 1. The van der Waals surface area contributed by atoms with Gasteiger partial charge in [-0.15, -0.1) is 11.3 Å². The number of anilines is 1. The molecule has 110 valence electrons. The van der Waals surface area contributed by atoms with Gasteiger partial charge in [0.25, 0.3) is 0 Å². The van der Waals surface area contributed by atoms with Crippen LogP contribution in [0.1, 0.15) is 5.69 Å². The molecule has 7 heteroatoms. The fraction of sp³-hybridized carbons (Fsp3) is 0.357. The van der Waals surface area contributed by atoms with Crippen LogP contribution >= 0.6 is 11.3 Å². The third-order valence-corrected chi connectivity index (χ3v) is 4.29. The second kappa shape index (κ2) is 5.79. The first-order valence-corrected chi connectivity index (χ1v) is 7.68. The van der Waals surface area contributed by atoms with Gasteiger partial charge in [-0.1, -0.05) is 6.07 Å². The number of nitrogens with zero attached hydrogens (tertiary/aromatic N) is 3. The Morgan fingerprint density at radius 2 is 2.38 bits per heavy atom. The van der Waals surface area contributed by atoms with Gasteiger partial charge in [0, 0.05) is 31.4 Å². The summed E-state index contributed by atoms with van der Waals surface area (Å²) in [5, 5.41) is 5.13. The van der Waals surface area contributed by atoms with E-state index in [2.05, 4.69) is 20.2 Å². The van der Waals surface area contributed by atoms with Crippen LogP contribution in [0.3, 0.4) is 0 Å². The molecule has 1 saturated heterocycles. The molecule has 0 aromatic carbocycles. The predicted molar refractivity (Wildman–Crippen MR) is 83.3 cm³/mol. The average Bonchev–Trinajstić information content (AvgIpc) is 3.01. The van der Waals surface area contributed by atoms with Crippen LogP contribution in [0.5, 0.6) is 0 Å². The molecule has 0 radical (unpaired) electrons. The van der Waals surface area contributed by atoms with E-state index in [0.717, 1.165) is 28.8 Å². The van der Waals surface area contributed by atoms with E-state index in [1.165, 1.54) is 0 Å². The fourth-order valence-corrected chi connectivity index (χ4v) is 3.04. The molecular formula is C14H17N5OS. The molecule has 0 saturated carbocycles. The van der Waals surface area contributed by atoms with Crippen LogP contribution in [0.15, 0.2) is 23.6 Å². The van der Waals surface area contributed by atoms with Crippen molar-refractivity contribution in [2.75, 3.05) is 24.5 Å². The monoisotopic (exact) mass is 303 g/mol. The molecule has 6 nitrogen and oxygen atoms in total. The van der Waals surface area contributed by atoms with Crippen molar-refractivity contribution < 1.29 is 4.79 Å². The first-order chi connectivity index (χ1) is 10.1. The molecule has 21 heavy (non-hydrogen) atoms. The molecule has 1 fully saturated rings. The smallest absolute Gasteiger partial charge is 0.236 e. The van der Waals surface area contributed by atoms with Gasteiger partial charge < -0.3 is 16.0 Å². The van der Waals surface area contributed by atoms with Crippen molar-refractivity contribution >= 4 is 23.1 Å². The Hall–Kier alpha value is -1.99. The molecule has 3 heterocycles. The highest BCUT2D eigenvalue weighted by Gasteiger charge is 2.24. The van der Waals surface area contributed by atoms with Crippen LogP contribution in [0.4, 0.5) is 5.82 Å². The number of aryl methyl sites for hydroxylation is 1. The second-order valence-corrected chi connectivity index (χ2v) is 5.97. The van der Waals surface area contributed by atoms with Gasteiger partial charge in [-0.05, 0) is 18.4 Å². The second-order valence-electron chi connectivity index (χ2n) is 5.02. The third kappa shape index (κ3) is 3.03. The number of hydrogen-bond acceptors (Lipinski definition) is 6. The zero-order valence-electron chi connectivity index (χ0n) is 11.7. The van der Waals surface area contributed by atoms with Crippen molar-refractivity contribution in [3.63, 3.8) is 0 Å². The minimum Gasteiger partial charge on any atom is -0.368 e. The summed E-state index contributed by atoms with van der Waals surface area (Å²) >= 11 is 1.62. The van der Waals surface area contributed by atoms with E-state index in [1.54, 1.807) is 11.3 Å². The first kappa shape index (κ1) is 14.0. The summed E-state index contributed by atoms with van der Waals surface area (Å²) in [7, 11) is 0. The summed E-state index contributed by atoms with van der Waals surface area (Å²) in [6.07, 6.45) is 0. The quantitative estimate of drug-likeness (QED) is 0.875. The van der Waals surface area contributed by atoms with Gasteiger partial charge >= 0.3 is 0 Å². The summed E-state index contributed by atoms with van der Waals surface area (Å²) < 4.78 is 0. The Morgan fingerprint density at radius 1 is 1.52 bits per heavy atom. The predicted octanol–water partition coefficient (Wildman–Crippen LogP) is 0.777. The summed E-state index contributed by atoms with van der Waals surface area (Å²) in [6.45, 7) is 4.00. The van der Waals surface area contributed by atoms with Crippen LogP contribution in [-0.4, -0.2) is 41.6 Å². The maximum Gasteiger partial charge on any atom is 0.236 e. The molecule has 0 aliphatic carbocycles. The standard InChI is InChI=1S/C14H17N5OS/c1-9-7-12(18-14(17-9)11-3-2-6-21-11)19-5-4-16-10(8-19)13(15)20/h2-3,6-7,10,16H,4-5,8H2,1H3,(H2,15,20). The van der Waals surface area contributed by atoms with Crippen LogP contribution < -0.4 is 16.0 Å². The van der Waals surface area contributed by atoms with Gasteiger partial charge in [-0.2, -0.15) is 0 Å². The SMILES string of the molecule is Cc1cc(N2CCNC(C(N)=O)C2)nc(-c2cccs2)n1. The minimum atomic E-state index is -0.334. The highest BCUT2D eigenvalue weighted by Crippen LogP contribution is 2.24. The molecule has 1 aliphatic rings. The Bertz CT molecular complexity index is 643. The van der Waals surface area contributed by atoms with Gasteiger partial charge in [0.1, 0.15) is 11.9 Å². The lowest BCUT2D eigenvalue weighted by Gasteiger charge is -2.33. The summed E-state index contributed by atoms with van der Waals surface area (Å²) in [5.41, 5.74) is 6.30. The van der Waals surface area contributed by atoms with Crippen molar-refractivity contribution in [1.82, 2.24) is 15.3 Å². The molecule has 1 aliphatic heterocycles. The first-order valence-electron chi connectivity index (χ1n) is 6.80. The number of thiophene rings is 1. The van der Waals surface area contributed by atoms with E-state index in [9.17, 15) is 4.79 Å². The zero-order chi connectivity index (χ0) is 14.8. The number of nitrogens with one attached hydrogen (secondary N) is 1. The summed E-state index contributed by atoms with van der Waals surface area (Å²) in [5.74, 6) is 1.25. The van der Waals surface area contributed by atoms with E-state index in [1.807, 2.05) is 30.5 Å². The van der Waals surface area contributed by atoms with Gasteiger partial charge in [0.05, 0.1) is 4.88 Å². The molecular weight excluding hydrogens is 286 g/mol. The lowest BCUT2D eigenvalue weighted by molar-refractivity contribution is -0.120. The Balaban J connectivity index is 1.90. The van der Waals surface area contributed by atoms with Crippen LogP contribution in [0.25, 0.3) is 10.7 Å². The van der Waals surface area contributed by atoms with Crippen molar-refractivity contribution in [2.45, 2.75) is 13.0 Å². The van der Waals surface area contributed by atoms with Crippen LogP contribution in [0, 0.1) is 6.92 Å². The molecule has 1 atom stereocenters. The lowest BCUT2D eigenvalue weighted by Crippen LogP contribution is -2.56. The highest BCUT2D eigenvalue weighted by molar-refractivity contribution is 7.13. The number of rotatable bonds is 3. The number of hydrogen-bond donors (Lipinski definition) is 2. The number of nitrogens with two attached hydrogens (primary N) is 1. The summed E-state index contributed by atoms with van der Waals surface area (Å²) in [6, 6.07) is 5.60. The molecule has 0 bridgehead atoms. The molecule has 2 aromatic rings. The third-order valence-electron chi connectivity index (χ3n) is 3.43. The van der Waals surface area contributed by atoms with E-state index in [0.29, 0.717) is 13.1 Å². The maximum atomic E-state index is 11.4. The molecule has 1 amide bonds. The molecule has 3 rings (SSSR count). The van der Waals surface area contributed by atoms with Crippen molar-refractivity contribution in [2.24, 2.45) is 5.73 Å². The Kier molecular flexibility index (Phi) is 3.85. The van der Waals surface area contributed by atoms with Crippen LogP contribution in [0.2, 0.25) is 0 Å². The Labute approximate surface area is 127 Å². The Morgan fingerprint density at radius 3 is 3.10 bits per heavy atom. The van der Waals surface area contributed by atoms with Gasteiger partial charge in [-0.3, -0.25) is 4.79 Å². The highest BCUT2D eigenvalue weighted by atomic mass is 32.1. The van der Waals surface area contributed by atoms with Crippen molar-refractivity contribution in [1.29, 1.82) is 0 Å². The molecule has 0 spiro atoms. The number of primary amides is 1. The van der Waals surface area contributed by atoms with Crippen molar-refractivity contribution in [3.8, 4) is 10.7 Å². The number of aromatic nitrogens is 2. The van der Waals surface area contributed by atoms with E-state index < -0.39 is 0 Å². The summed E-state index contributed by atoms with van der Waals surface area (Å²) in [4.78, 5) is 23.6. The van der Waals surface area contributed by atoms with Gasteiger partial charge in [-0.25, -0.2) is 9.97 Å². The molecule has 3 N–H and O–H groups in total. The number of carbonyl (C=O) groups excluding carboxylic acids is 1. The maximum absolute atomic E-state index is 11.4. The number of carbonyl (C=O) groups is 1. The normalized spacial score (nSPS) is 18.7. The van der Waals surface area contributed by atoms with E-state index in [-0.39, 0.29) is 11.9 Å².